The second kappa shape index (κ2) is 39.4. The van der Waals surface area contributed by atoms with E-state index in [1.807, 2.05) is 0 Å². The van der Waals surface area contributed by atoms with Gasteiger partial charge in [-0.3, -0.25) is 0 Å². The molecule has 18 heteroatoms. The summed E-state index contributed by atoms with van der Waals surface area (Å²) < 4.78 is 30.7. The Kier molecular flexibility index (Phi) is 98.4. The van der Waals surface area contributed by atoms with Gasteiger partial charge in [-0.25, -0.2) is 0 Å². The van der Waals surface area contributed by atoms with Crippen molar-refractivity contribution in [2.75, 3.05) is 13.1 Å². The molecule has 0 aromatic heterocycles. The number of piperidine rings is 1. The van der Waals surface area contributed by atoms with Gasteiger partial charge in [0.15, 0.2) is 0 Å². The molecule has 1 fully saturated rings. The topological polar surface area (TPSA) is 296 Å². The van der Waals surface area contributed by atoms with Crippen LogP contribution in [-0.2, 0) is 112 Å². The van der Waals surface area contributed by atoms with E-state index in [0.29, 0.717) is 6.04 Å². The molecule has 0 aliphatic carbocycles. The van der Waals surface area contributed by atoms with E-state index in [1.165, 1.54) is 25.0 Å². The molecule has 12 nitrogen and oxygen atoms in total. The molecule has 0 amide bonds. The van der Waals surface area contributed by atoms with Crippen LogP contribution >= 0.6 is 0 Å². The number of rotatable bonds is 1. The van der Waals surface area contributed by atoms with Crippen LogP contribution in [-0.4, -0.2) is 58.6 Å². The Hall–Kier alpha value is 1.95. The van der Waals surface area contributed by atoms with Crippen LogP contribution in [0.3, 0.4) is 0 Å². The molecule has 28 heavy (non-hydrogen) atoms. The molecule has 0 spiro atoms. The molecule has 2 aliphatic rings. The quantitative estimate of drug-likeness (QED) is 0.235. The van der Waals surface area contributed by atoms with Crippen LogP contribution in [0.15, 0.2) is 23.9 Å². The first kappa shape index (κ1) is 69.9. The minimum atomic E-state index is -5.12. The van der Waals surface area contributed by atoms with Crippen molar-refractivity contribution in [3.05, 3.63) is 34.6 Å². The number of hydrogen-bond donors (Lipinski definition) is 3. The Balaban J connectivity index is -0.0000000186. The molecule has 16 N–H and O–H groups in total. The third-order valence-corrected chi connectivity index (χ3v) is 2.36. The van der Waals surface area contributed by atoms with Crippen LogP contribution in [0.5, 0.6) is 0 Å². The zero-order valence-corrected chi connectivity index (χ0v) is 21.7. The third kappa shape index (κ3) is 42.1. The SMILES string of the molecule is C1=CC[N-]C(C2CCCC[N-]2)=C1.O.O.O.O.O.[Co+2].[Co].[Co].[OH3+].[O]=[V]([OH])([OH])[OH].[V].[V]. The zero-order valence-electron chi connectivity index (χ0n) is 14.4. The maximum atomic E-state index is 8.94. The van der Waals surface area contributed by atoms with E-state index in [0.717, 1.165) is 13.1 Å². The van der Waals surface area contributed by atoms with Gasteiger partial charge in [0.25, 0.3) is 0 Å². The standard InChI is InChI=1S/C10H14N2.3Co.9H2O.O.3V/c1-3-7-11-9(5-1)10-6-2-4-8-12-10;;;;;;;;;;;;;;;;/h1,3,5,10H,2,4,6-8H2;;;;9*1H2;;;;/q-2;;;+2;;;;;;;;;;;;;+3/p-2. The number of nitrogens with zero attached hydrogens (tertiary/aromatic N) is 2. The smallest absolute Gasteiger partial charge is 0 e. The van der Waals surface area contributed by atoms with Gasteiger partial charge in [0.05, 0.1) is 0 Å². The monoisotopic (exact) mass is 668 g/mol. The summed E-state index contributed by atoms with van der Waals surface area (Å²) in [5.41, 5.74) is 1.19. The Labute approximate surface area is 222 Å². The van der Waals surface area contributed by atoms with Crippen molar-refractivity contribution in [1.82, 2.24) is 0 Å². The van der Waals surface area contributed by atoms with Gasteiger partial charge in [0.1, 0.15) is 0 Å². The van der Waals surface area contributed by atoms with Gasteiger partial charge in [0.2, 0.25) is 0 Å². The summed E-state index contributed by atoms with van der Waals surface area (Å²) in [6.07, 6.45) is 10.0. The van der Waals surface area contributed by atoms with Gasteiger partial charge < -0.3 is 43.5 Å². The second-order valence-electron chi connectivity index (χ2n) is 3.79. The maximum Gasteiger partial charge on any atom is 0 e. The van der Waals surface area contributed by atoms with E-state index in [4.69, 9.17) is 15.8 Å². The first-order valence-corrected chi connectivity index (χ1v) is 7.90. The van der Waals surface area contributed by atoms with Crippen molar-refractivity contribution in [2.24, 2.45) is 0 Å². The van der Waals surface area contributed by atoms with Crippen LogP contribution in [0, 0.1) is 0 Å². The number of hydrogen-bond acceptors (Lipinski definition) is 1. The van der Waals surface area contributed by atoms with Gasteiger partial charge in [-0.15, -0.1) is 25.2 Å². The van der Waals surface area contributed by atoms with E-state index in [2.05, 4.69) is 28.9 Å². The van der Waals surface area contributed by atoms with Crippen molar-refractivity contribution in [3.8, 4) is 0 Å². The van der Waals surface area contributed by atoms with Crippen LogP contribution < -0.4 is 0 Å². The minimum absolute atomic E-state index is 0. The molecule has 0 saturated carbocycles. The zero-order chi connectivity index (χ0) is 12.7. The summed E-state index contributed by atoms with van der Waals surface area (Å²) in [5, 5.41) is 8.99. The predicted octanol–water partition coefficient (Wildman–Crippen LogP) is -4.11. The Morgan fingerprint density at radius 1 is 0.964 bits per heavy atom. The fourth-order valence-corrected chi connectivity index (χ4v) is 1.68. The van der Waals surface area contributed by atoms with E-state index in [9.17, 15) is 0 Å². The largest absolute Gasteiger partial charge is 0 e. The summed E-state index contributed by atoms with van der Waals surface area (Å²) in [6, 6.07) is 0.406. The van der Waals surface area contributed by atoms with Crippen LogP contribution in [0.2, 0.25) is 0 Å². The molecule has 5 radical (unpaired) electrons. The molecule has 0 aromatic carbocycles. The summed E-state index contributed by atoms with van der Waals surface area (Å²) in [7, 11) is 0. The van der Waals surface area contributed by atoms with Crippen molar-refractivity contribution >= 4 is 0 Å². The van der Waals surface area contributed by atoms with E-state index >= 15 is 0 Å². The van der Waals surface area contributed by atoms with Crippen LogP contribution in [0.1, 0.15) is 19.3 Å². The van der Waals surface area contributed by atoms with Gasteiger partial charge in [-0.1, -0.05) is 31.4 Å². The van der Waals surface area contributed by atoms with Gasteiger partial charge in [-0.2, -0.15) is 5.70 Å². The fourth-order valence-electron chi connectivity index (χ4n) is 1.68. The summed E-state index contributed by atoms with van der Waals surface area (Å²) in [4.78, 5) is 0. The third-order valence-electron chi connectivity index (χ3n) is 2.36. The van der Waals surface area contributed by atoms with Gasteiger partial charge in [-0.05, 0) is 0 Å². The summed E-state index contributed by atoms with van der Waals surface area (Å²) >= 11 is -5.12. The first-order chi connectivity index (χ1) is 7.97. The van der Waals surface area contributed by atoms with Gasteiger partial charge >= 0.3 is 47.6 Å². The van der Waals surface area contributed by atoms with Gasteiger partial charge in [0, 0.05) is 70.7 Å². The van der Waals surface area contributed by atoms with Crippen LogP contribution in [0.25, 0.3) is 10.6 Å². The molecule has 0 aromatic rings. The molecule has 2 aliphatic heterocycles. The Bertz CT molecular complexity index is 353. The molecule has 1 saturated heterocycles. The van der Waals surface area contributed by atoms with Crippen molar-refractivity contribution < 1.29 is 151 Å². The first-order valence-electron chi connectivity index (χ1n) is 5.46. The maximum absolute atomic E-state index is 8.94. The normalized spacial score (nSPS) is 14.7. The van der Waals surface area contributed by atoms with Crippen LogP contribution in [0.4, 0.5) is 0 Å². The van der Waals surface area contributed by atoms with Crippen molar-refractivity contribution in [2.45, 2.75) is 25.3 Å². The Morgan fingerprint density at radius 3 is 1.68 bits per heavy atom. The van der Waals surface area contributed by atoms with E-state index in [1.54, 1.807) is 0 Å². The van der Waals surface area contributed by atoms with Crippen molar-refractivity contribution in [1.29, 1.82) is 0 Å². The molecule has 1 unspecified atom stereocenters. The molecule has 2 heterocycles. The van der Waals surface area contributed by atoms with E-state index < -0.39 is 15.0 Å². The number of allylic oxidation sites excluding steroid dienone is 2. The molecule has 1 atom stereocenters. The minimum Gasteiger partial charge on any atom is 0 e. The van der Waals surface area contributed by atoms with Crippen molar-refractivity contribution in [3.63, 3.8) is 0 Å². The average Bonchev–Trinajstić information content (AvgIpc) is 2.29. The predicted molar refractivity (Wildman–Crippen MR) is 81.6 cm³/mol. The Morgan fingerprint density at radius 2 is 1.39 bits per heavy atom. The van der Waals surface area contributed by atoms with E-state index in [-0.39, 0.29) is 120 Å². The summed E-state index contributed by atoms with van der Waals surface area (Å²) in [6.45, 7) is 1.87. The molecular formula is C10H30Co3N2O10V3+. The molecule has 181 valence electrons. The summed E-state index contributed by atoms with van der Waals surface area (Å²) in [5.74, 6) is 0. The molecular weight excluding hydrogens is 638 g/mol. The molecule has 0 bridgehead atoms. The fraction of sp³-hybridized carbons (Fsp3) is 0.600. The average molecular weight is 668 g/mol. The molecule has 2 rings (SSSR count). The second-order valence-corrected chi connectivity index (χ2v) is 5.39.